The summed E-state index contributed by atoms with van der Waals surface area (Å²) in [6, 6.07) is 0.265. The molecule has 150 valence electrons. The highest BCUT2D eigenvalue weighted by atomic mass is 127. The van der Waals surface area contributed by atoms with Gasteiger partial charge in [-0.2, -0.15) is 0 Å². The van der Waals surface area contributed by atoms with Gasteiger partial charge in [0.2, 0.25) is 0 Å². The number of aliphatic imine (C=N–C) groups is 1. The van der Waals surface area contributed by atoms with Crippen molar-refractivity contribution in [2.45, 2.75) is 58.0 Å². The first-order valence-corrected chi connectivity index (χ1v) is 9.58. The third-order valence-electron chi connectivity index (χ3n) is 4.28. The van der Waals surface area contributed by atoms with Gasteiger partial charge in [-0.3, -0.25) is 9.89 Å². The van der Waals surface area contributed by atoms with Crippen molar-refractivity contribution in [3.05, 3.63) is 16.1 Å². The number of hydrogen-bond donors (Lipinski definition) is 2. The highest BCUT2D eigenvalue weighted by molar-refractivity contribution is 14.0. The minimum atomic E-state index is -2.25. The van der Waals surface area contributed by atoms with E-state index in [-0.39, 0.29) is 42.0 Å². The molecular weight excluding hydrogens is 471 g/mol. The van der Waals surface area contributed by atoms with Gasteiger partial charge in [0.1, 0.15) is 5.01 Å². The zero-order valence-electron chi connectivity index (χ0n) is 15.9. The van der Waals surface area contributed by atoms with Crippen molar-refractivity contribution in [1.29, 1.82) is 0 Å². The van der Waals surface area contributed by atoms with Crippen LogP contribution in [-0.4, -0.2) is 55.0 Å². The van der Waals surface area contributed by atoms with Gasteiger partial charge in [-0.05, 0) is 12.8 Å². The first-order valence-electron chi connectivity index (χ1n) is 8.70. The fourth-order valence-corrected chi connectivity index (χ4v) is 3.70. The lowest BCUT2D eigenvalue weighted by Gasteiger charge is -2.32. The monoisotopic (exact) mass is 501 g/mol. The van der Waals surface area contributed by atoms with Crippen LogP contribution in [0.4, 0.5) is 8.78 Å². The van der Waals surface area contributed by atoms with E-state index in [0.29, 0.717) is 19.6 Å². The zero-order valence-corrected chi connectivity index (χ0v) is 19.0. The van der Waals surface area contributed by atoms with Crippen molar-refractivity contribution in [2.75, 3.05) is 26.7 Å². The summed E-state index contributed by atoms with van der Waals surface area (Å²) in [6.45, 7) is 8.35. The van der Waals surface area contributed by atoms with E-state index in [1.54, 1.807) is 18.4 Å². The van der Waals surface area contributed by atoms with Gasteiger partial charge in [-0.1, -0.05) is 20.8 Å². The van der Waals surface area contributed by atoms with Crippen molar-refractivity contribution < 1.29 is 8.78 Å². The Hall–Kier alpha value is -0.550. The van der Waals surface area contributed by atoms with Crippen molar-refractivity contribution in [2.24, 2.45) is 4.99 Å². The maximum absolute atomic E-state index is 12.4. The number of nitrogens with one attached hydrogen (secondary N) is 2. The smallest absolute Gasteiger partial charge is 0.251 e. The van der Waals surface area contributed by atoms with Gasteiger partial charge in [0.05, 0.1) is 18.8 Å². The molecule has 1 saturated heterocycles. The number of thiazole rings is 1. The van der Waals surface area contributed by atoms with Crippen LogP contribution in [0.3, 0.4) is 0 Å². The Labute approximate surface area is 176 Å². The van der Waals surface area contributed by atoms with E-state index in [2.05, 4.69) is 46.8 Å². The van der Waals surface area contributed by atoms with Crippen LogP contribution >= 0.6 is 35.3 Å². The minimum absolute atomic E-state index is 0. The molecule has 26 heavy (non-hydrogen) atoms. The molecular formula is C17H30F2IN5S. The van der Waals surface area contributed by atoms with E-state index in [0.717, 1.165) is 29.5 Å². The van der Waals surface area contributed by atoms with Crippen molar-refractivity contribution in [3.8, 4) is 0 Å². The van der Waals surface area contributed by atoms with Gasteiger partial charge in [0.25, 0.3) is 6.43 Å². The fourth-order valence-electron chi connectivity index (χ4n) is 2.74. The lowest BCUT2D eigenvalue weighted by molar-refractivity contribution is 0.0744. The van der Waals surface area contributed by atoms with E-state index in [1.165, 1.54) is 0 Å². The summed E-state index contributed by atoms with van der Waals surface area (Å²) in [5.74, 6) is 0.736. The highest BCUT2D eigenvalue weighted by Gasteiger charge is 2.22. The van der Waals surface area contributed by atoms with E-state index in [9.17, 15) is 8.78 Å². The summed E-state index contributed by atoms with van der Waals surface area (Å²) in [5, 5.41) is 9.81. The van der Waals surface area contributed by atoms with Crippen molar-refractivity contribution in [3.63, 3.8) is 0 Å². The molecule has 5 nitrogen and oxygen atoms in total. The Morgan fingerprint density at radius 2 is 2.04 bits per heavy atom. The summed E-state index contributed by atoms with van der Waals surface area (Å²) in [5.41, 5.74) is 1.16. The Kier molecular flexibility index (Phi) is 9.67. The fraction of sp³-hybridized carbons (Fsp3) is 0.765. The van der Waals surface area contributed by atoms with Crippen LogP contribution in [0, 0.1) is 0 Å². The summed E-state index contributed by atoms with van der Waals surface area (Å²) < 4.78 is 24.9. The van der Waals surface area contributed by atoms with Crippen LogP contribution in [-0.2, 0) is 12.0 Å². The second kappa shape index (κ2) is 10.7. The third kappa shape index (κ3) is 7.59. The Bertz CT molecular complexity index is 566. The number of piperidine rings is 1. The van der Waals surface area contributed by atoms with Crippen LogP contribution in [0.1, 0.15) is 44.3 Å². The van der Waals surface area contributed by atoms with E-state index < -0.39 is 6.43 Å². The van der Waals surface area contributed by atoms with Crippen LogP contribution in [0.2, 0.25) is 0 Å². The Balaban J connectivity index is 0.00000338. The zero-order chi connectivity index (χ0) is 18.4. The van der Waals surface area contributed by atoms with Crippen molar-refractivity contribution in [1.82, 2.24) is 20.5 Å². The number of rotatable bonds is 5. The molecule has 0 aromatic carbocycles. The minimum Gasteiger partial charge on any atom is -0.354 e. The molecule has 0 unspecified atom stereocenters. The molecule has 2 rings (SSSR count). The third-order valence-corrected chi connectivity index (χ3v) is 5.12. The molecule has 1 fully saturated rings. The van der Waals surface area contributed by atoms with Gasteiger partial charge in [0.15, 0.2) is 5.96 Å². The van der Waals surface area contributed by atoms with Crippen LogP contribution in [0.15, 0.2) is 10.4 Å². The molecule has 1 aliphatic rings. The maximum atomic E-state index is 12.4. The standard InChI is InChI=1S/C17H29F2N5S.HI/c1-17(2,3)13-11-25-15(23-13)9-21-16(20-4)22-12-5-7-24(8-6-12)10-14(18)19;/h11-12,14H,5-10H2,1-4H3,(H2,20,21,22);1H. The summed E-state index contributed by atoms with van der Waals surface area (Å²) in [6.07, 6.45) is -0.562. The van der Waals surface area contributed by atoms with Gasteiger partial charge in [0, 0.05) is 37.0 Å². The predicted octanol–water partition coefficient (Wildman–Crippen LogP) is 3.45. The second-order valence-corrected chi connectivity index (χ2v) is 8.36. The van der Waals surface area contributed by atoms with Gasteiger partial charge >= 0.3 is 0 Å². The van der Waals surface area contributed by atoms with Crippen LogP contribution < -0.4 is 10.6 Å². The molecule has 9 heteroatoms. The first kappa shape index (κ1) is 23.5. The van der Waals surface area contributed by atoms with Gasteiger partial charge < -0.3 is 10.6 Å². The van der Waals surface area contributed by atoms with E-state index in [4.69, 9.17) is 0 Å². The highest BCUT2D eigenvalue weighted by Crippen LogP contribution is 2.23. The molecule has 1 aromatic heterocycles. The maximum Gasteiger partial charge on any atom is 0.251 e. The quantitative estimate of drug-likeness (QED) is 0.369. The predicted molar refractivity (Wildman–Crippen MR) is 115 cm³/mol. The molecule has 0 amide bonds. The lowest BCUT2D eigenvalue weighted by atomic mass is 9.93. The van der Waals surface area contributed by atoms with E-state index in [1.807, 2.05) is 4.90 Å². The molecule has 0 atom stereocenters. The molecule has 1 aromatic rings. The number of likely N-dealkylation sites (tertiary alicyclic amines) is 1. The molecule has 2 heterocycles. The summed E-state index contributed by atoms with van der Waals surface area (Å²) in [4.78, 5) is 10.7. The normalized spacial score (nSPS) is 17.3. The largest absolute Gasteiger partial charge is 0.354 e. The average Bonchev–Trinajstić information content (AvgIpc) is 3.02. The number of halogens is 3. The molecule has 2 N–H and O–H groups in total. The van der Waals surface area contributed by atoms with E-state index >= 15 is 0 Å². The SMILES string of the molecule is CN=C(NCc1nc(C(C)(C)C)cs1)NC1CCN(CC(F)F)CC1.I. The second-order valence-electron chi connectivity index (χ2n) is 7.41. The Morgan fingerprint density at radius 1 is 1.38 bits per heavy atom. The number of aromatic nitrogens is 1. The first-order chi connectivity index (χ1) is 11.8. The topological polar surface area (TPSA) is 52.6 Å². The van der Waals surface area contributed by atoms with Crippen LogP contribution in [0.5, 0.6) is 0 Å². The average molecular weight is 501 g/mol. The Morgan fingerprint density at radius 3 is 2.54 bits per heavy atom. The molecule has 0 aliphatic carbocycles. The number of alkyl halides is 2. The summed E-state index contributed by atoms with van der Waals surface area (Å²) >= 11 is 1.65. The van der Waals surface area contributed by atoms with Gasteiger partial charge in [-0.15, -0.1) is 35.3 Å². The molecule has 1 aliphatic heterocycles. The number of guanidine groups is 1. The molecule has 0 radical (unpaired) electrons. The molecule has 0 saturated carbocycles. The number of nitrogens with zero attached hydrogens (tertiary/aromatic N) is 3. The van der Waals surface area contributed by atoms with Crippen LogP contribution in [0.25, 0.3) is 0 Å². The van der Waals surface area contributed by atoms with Gasteiger partial charge in [-0.25, -0.2) is 13.8 Å². The molecule has 0 spiro atoms. The molecule has 0 bridgehead atoms. The number of hydrogen-bond acceptors (Lipinski definition) is 4. The lowest BCUT2D eigenvalue weighted by Crippen LogP contribution is -2.49. The summed E-state index contributed by atoms with van der Waals surface area (Å²) in [7, 11) is 1.74. The van der Waals surface area contributed by atoms with Crippen molar-refractivity contribution >= 4 is 41.3 Å².